The molecule has 0 amide bonds. The van der Waals surface area contributed by atoms with Gasteiger partial charge in [0.25, 0.3) is 0 Å². The van der Waals surface area contributed by atoms with E-state index in [0.29, 0.717) is 12.1 Å². The monoisotopic (exact) mass is 150 g/mol. The third kappa shape index (κ3) is 1.41. The van der Waals surface area contributed by atoms with E-state index in [1.807, 2.05) is 19.3 Å². The zero-order valence-corrected chi connectivity index (χ0v) is 6.41. The number of aliphatic hydroxyl groups excluding tert-OH is 1. The quantitative estimate of drug-likeness (QED) is 0.664. The minimum absolute atomic E-state index is 0.0959. The van der Waals surface area contributed by atoms with Crippen molar-refractivity contribution in [1.82, 2.24) is 4.57 Å². The van der Waals surface area contributed by atoms with Crippen LogP contribution in [0.25, 0.3) is 0 Å². The van der Waals surface area contributed by atoms with E-state index < -0.39 is 0 Å². The highest BCUT2D eigenvalue weighted by atomic mass is 16.2. The first-order chi connectivity index (χ1) is 5.29. The predicted molar refractivity (Wildman–Crippen MR) is 40.9 cm³/mol. The van der Waals surface area contributed by atoms with Gasteiger partial charge in [0.15, 0.2) is 0 Å². The third-order valence-corrected chi connectivity index (χ3v) is 1.64. The third-order valence-electron chi connectivity index (χ3n) is 1.64. The van der Waals surface area contributed by atoms with Crippen LogP contribution in [0.1, 0.15) is 11.3 Å². The number of hydrogen-bond acceptors (Lipinski definition) is 2. The van der Waals surface area contributed by atoms with Crippen molar-refractivity contribution < 1.29 is 5.11 Å². The molecule has 58 valence electrons. The fourth-order valence-electron chi connectivity index (χ4n) is 1.05. The fraction of sp³-hybridized carbons (Fsp3) is 0.375. The van der Waals surface area contributed by atoms with Crippen molar-refractivity contribution in [1.29, 1.82) is 5.26 Å². The molecule has 1 N–H and O–H groups in total. The Kier molecular flexibility index (Phi) is 2.29. The molecule has 11 heavy (non-hydrogen) atoms. The van der Waals surface area contributed by atoms with Crippen LogP contribution < -0.4 is 0 Å². The number of aliphatic hydroxyl groups is 1. The predicted octanol–water partition coefficient (Wildman–Crippen LogP) is 0.432. The molecule has 0 radical (unpaired) electrons. The van der Waals surface area contributed by atoms with Crippen LogP contribution in [0.3, 0.4) is 0 Å². The van der Waals surface area contributed by atoms with Gasteiger partial charge < -0.3 is 9.67 Å². The number of nitrogens with zero attached hydrogens (tertiary/aromatic N) is 2. The van der Waals surface area contributed by atoms with Crippen LogP contribution in [0, 0.1) is 11.3 Å². The van der Waals surface area contributed by atoms with Gasteiger partial charge in [0, 0.05) is 19.9 Å². The standard InChI is InChI=1S/C8H10N2O/c1-10-4-2-7(3-5-11)8(10)6-9/h2,4,11H,3,5H2,1H3. The zero-order valence-electron chi connectivity index (χ0n) is 6.41. The maximum absolute atomic E-state index is 8.66. The largest absolute Gasteiger partial charge is 0.396 e. The summed E-state index contributed by atoms with van der Waals surface area (Å²) in [4.78, 5) is 0. The Hall–Kier alpha value is -1.27. The smallest absolute Gasteiger partial charge is 0.123 e. The van der Waals surface area contributed by atoms with Crippen molar-refractivity contribution in [2.75, 3.05) is 6.61 Å². The van der Waals surface area contributed by atoms with Gasteiger partial charge in [0.1, 0.15) is 11.8 Å². The average Bonchev–Trinajstić information content (AvgIpc) is 2.33. The Morgan fingerprint density at radius 3 is 3.00 bits per heavy atom. The SMILES string of the molecule is Cn1ccc(CCO)c1C#N. The highest BCUT2D eigenvalue weighted by Gasteiger charge is 2.03. The van der Waals surface area contributed by atoms with Crippen molar-refractivity contribution in [3.05, 3.63) is 23.5 Å². The van der Waals surface area contributed by atoms with E-state index in [1.165, 1.54) is 0 Å². The van der Waals surface area contributed by atoms with E-state index in [-0.39, 0.29) is 6.61 Å². The highest BCUT2D eigenvalue weighted by molar-refractivity contribution is 5.33. The molecule has 3 nitrogen and oxygen atoms in total. The number of aromatic nitrogens is 1. The molecule has 0 aliphatic heterocycles. The molecule has 0 fully saturated rings. The van der Waals surface area contributed by atoms with Crippen LogP contribution in [-0.4, -0.2) is 16.3 Å². The van der Waals surface area contributed by atoms with E-state index in [9.17, 15) is 0 Å². The normalized spacial score (nSPS) is 9.55. The molecule has 1 rings (SSSR count). The van der Waals surface area contributed by atoms with E-state index in [2.05, 4.69) is 6.07 Å². The van der Waals surface area contributed by atoms with Crippen molar-refractivity contribution in [3.8, 4) is 6.07 Å². The van der Waals surface area contributed by atoms with Crippen LogP contribution in [0.15, 0.2) is 12.3 Å². The Morgan fingerprint density at radius 1 is 1.73 bits per heavy atom. The summed E-state index contributed by atoms with van der Waals surface area (Å²) in [6.07, 6.45) is 2.38. The molecule has 0 aliphatic carbocycles. The molecular formula is C8H10N2O. The van der Waals surface area contributed by atoms with Crippen LogP contribution in [0.2, 0.25) is 0 Å². The van der Waals surface area contributed by atoms with E-state index in [4.69, 9.17) is 10.4 Å². The lowest BCUT2D eigenvalue weighted by atomic mass is 10.2. The lowest BCUT2D eigenvalue weighted by Crippen LogP contribution is -1.95. The highest BCUT2D eigenvalue weighted by Crippen LogP contribution is 2.08. The summed E-state index contributed by atoms with van der Waals surface area (Å²) in [7, 11) is 1.82. The maximum Gasteiger partial charge on any atom is 0.123 e. The first-order valence-corrected chi connectivity index (χ1v) is 3.44. The van der Waals surface area contributed by atoms with Crippen LogP contribution >= 0.6 is 0 Å². The van der Waals surface area contributed by atoms with Crippen molar-refractivity contribution in [3.63, 3.8) is 0 Å². The molecule has 0 saturated carbocycles. The van der Waals surface area contributed by atoms with Gasteiger partial charge in [-0.15, -0.1) is 0 Å². The molecular weight excluding hydrogens is 140 g/mol. The molecule has 1 heterocycles. The van der Waals surface area contributed by atoms with Crippen LogP contribution in [0.4, 0.5) is 0 Å². The summed E-state index contributed by atoms with van der Waals surface area (Å²) in [6, 6.07) is 3.94. The molecule has 0 aromatic carbocycles. The molecule has 0 atom stereocenters. The Bertz CT molecular complexity index is 283. The Labute approximate surface area is 65.5 Å². The van der Waals surface area contributed by atoms with Gasteiger partial charge in [-0.2, -0.15) is 5.26 Å². The molecule has 0 unspecified atom stereocenters. The minimum Gasteiger partial charge on any atom is -0.396 e. The van der Waals surface area contributed by atoms with Gasteiger partial charge in [-0.3, -0.25) is 0 Å². The molecule has 0 aliphatic rings. The van der Waals surface area contributed by atoms with Gasteiger partial charge in [-0.25, -0.2) is 0 Å². The molecule has 1 aromatic rings. The lowest BCUT2D eigenvalue weighted by Gasteiger charge is -1.95. The zero-order chi connectivity index (χ0) is 8.27. The van der Waals surface area contributed by atoms with E-state index in [1.54, 1.807) is 4.57 Å². The number of aryl methyl sites for hydroxylation is 1. The molecule has 3 heteroatoms. The van der Waals surface area contributed by atoms with Crippen LogP contribution in [-0.2, 0) is 13.5 Å². The summed E-state index contributed by atoms with van der Waals surface area (Å²) in [5.74, 6) is 0. The number of nitriles is 1. The number of rotatable bonds is 2. The minimum atomic E-state index is 0.0959. The van der Waals surface area contributed by atoms with Gasteiger partial charge in [-0.05, 0) is 18.1 Å². The molecule has 0 bridgehead atoms. The Morgan fingerprint density at radius 2 is 2.45 bits per heavy atom. The summed E-state index contributed by atoms with van der Waals surface area (Å²) >= 11 is 0. The van der Waals surface area contributed by atoms with Crippen LogP contribution in [0.5, 0.6) is 0 Å². The summed E-state index contributed by atoms with van der Waals surface area (Å²) in [5.41, 5.74) is 1.55. The van der Waals surface area contributed by atoms with Crippen molar-refractivity contribution in [2.24, 2.45) is 7.05 Å². The average molecular weight is 150 g/mol. The maximum atomic E-state index is 8.66. The Balaban J connectivity index is 2.98. The summed E-state index contributed by atoms with van der Waals surface area (Å²) in [5, 5.41) is 17.3. The van der Waals surface area contributed by atoms with Gasteiger partial charge in [-0.1, -0.05) is 0 Å². The van der Waals surface area contributed by atoms with Crippen molar-refractivity contribution >= 4 is 0 Å². The molecule has 0 spiro atoms. The second-order valence-electron chi connectivity index (χ2n) is 2.39. The second kappa shape index (κ2) is 3.22. The first kappa shape index (κ1) is 7.83. The topological polar surface area (TPSA) is 49.0 Å². The summed E-state index contributed by atoms with van der Waals surface area (Å²) in [6.45, 7) is 0.0959. The second-order valence-corrected chi connectivity index (χ2v) is 2.39. The fourth-order valence-corrected chi connectivity index (χ4v) is 1.05. The number of hydrogen-bond donors (Lipinski definition) is 1. The van der Waals surface area contributed by atoms with E-state index >= 15 is 0 Å². The van der Waals surface area contributed by atoms with Gasteiger partial charge in [0.2, 0.25) is 0 Å². The van der Waals surface area contributed by atoms with Gasteiger partial charge >= 0.3 is 0 Å². The first-order valence-electron chi connectivity index (χ1n) is 3.44. The summed E-state index contributed by atoms with van der Waals surface area (Å²) < 4.78 is 1.75. The van der Waals surface area contributed by atoms with E-state index in [0.717, 1.165) is 5.56 Å². The molecule has 1 aromatic heterocycles. The van der Waals surface area contributed by atoms with Gasteiger partial charge in [0.05, 0.1) is 0 Å². The molecule has 0 saturated heterocycles. The van der Waals surface area contributed by atoms with Crippen molar-refractivity contribution in [2.45, 2.75) is 6.42 Å². The lowest BCUT2D eigenvalue weighted by molar-refractivity contribution is 0.299.